The molecule has 0 amide bonds. The molecule has 332 valence electrons. The first kappa shape index (κ1) is 57.8. The molecule has 8 nitrogen and oxygen atoms in total. The van der Waals surface area contributed by atoms with Crippen LogP contribution in [0.5, 0.6) is 0 Å². The third-order valence-electron chi connectivity index (χ3n) is 10.9. The van der Waals surface area contributed by atoms with Gasteiger partial charge in [-0.1, -0.05) is 203 Å². The van der Waals surface area contributed by atoms with Crippen LogP contribution in [-0.4, -0.2) is 95.4 Å². The van der Waals surface area contributed by atoms with Crippen molar-refractivity contribution in [3.63, 3.8) is 0 Å². The Morgan fingerprint density at radius 2 is 0.746 bits per heavy atom. The van der Waals surface area contributed by atoms with Crippen molar-refractivity contribution in [1.82, 2.24) is 0 Å². The molecule has 2 aromatic rings. The number of aliphatic hydroxyl groups excluding tert-OH is 2. The molecule has 9 heteroatoms. The molecule has 0 radical (unpaired) electrons. The average molecular weight is 949 g/mol. The molecule has 0 bridgehead atoms. The largest absolute Gasteiger partial charge is 2.00 e. The second-order valence-corrected chi connectivity index (χ2v) is 16.3. The van der Waals surface area contributed by atoms with Gasteiger partial charge in [-0.2, -0.15) is 0 Å². The van der Waals surface area contributed by atoms with Crippen LogP contribution < -0.4 is 10.2 Å². The summed E-state index contributed by atoms with van der Waals surface area (Å²) in [5.41, 5.74) is 2.30. The summed E-state index contributed by atoms with van der Waals surface area (Å²) in [6.45, 7) is 5.54. The van der Waals surface area contributed by atoms with Crippen molar-refractivity contribution in [3.8, 4) is 0 Å². The minimum atomic E-state index is -0.947. The zero-order valence-electron chi connectivity index (χ0n) is 37.3. The van der Waals surface area contributed by atoms with Gasteiger partial charge in [-0.15, -0.1) is 0 Å². The molecule has 0 fully saturated rings. The predicted octanol–water partition coefficient (Wildman–Crippen LogP) is 9.95. The molecule has 2 N–H and O–H groups in total. The molecule has 0 aliphatic carbocycles. The number of aliphatic hydroxyl groups is 2. The Kier molecular flexibility index (Phi) is 41.2. The van der Waals surface area contributed by atoms with Crippen LogP contribution in [-0.2, 0) is 32.3 Å². The van der Waals surface area contributed by atoms with Crippen LogP contribution in [0.25, 0.3) is 0 Å². The summed E-state index contributed by atoms with van der Waals surface area (Å²) in [7, 11) is 0. The first-order chi connectivity index (χ1) is 28.3. The Hall–Kier alpha value is -1.21. The van der Waals surface area contributed by atoms with E-state index in [0.717, 1.165) is 140 Å². The number of carbonyl (C=O) groups is 2. The van der Waals surface area contributed by atoms with E-state index in [1.807, 2.05) is 36.4 Å². The molecular weight excluding hydrogens is 866 g/mol. The second kappa shape index (κ2) is 42.1. The van der Waals surface area contributed by atoms with Crippen molar-refractivity contribution in [1.29, 1.82) is 0 Å². The maximum atomic E-state index is 10.7. The van der Waals surface area contributed by atoms with Crippen molar-refractivity contribution >= 4 is 60.8 Å². The summed E-state index contributed by atoms with van der Waals surface area (Å²) in [6, 6.07) is 20.3. The van der Waals surface area contributed by atoms with Gasteiger partial charge in [-0.25, -0.2) is 0 Å². The van der Waals surface area contributed by atoms with Gasteiger partial charge in [-0.05, 0) is 62.5 Å². The molecule has 2 aromatic carbocycles. The normalized spacial score (nSPS) is 13.1. The van der Waals surface area contributed by atoms with E-state index in [1.54, 1.807) is 0 Å². The van der Waals surface area contributed by atoms with E-state index in [0.29, 0.717) is 13.2 Å². The van der Waals surface area contributed by atoms with E-state index in [-0.39, 0.29) is 73.9 Å². The van der Waals surface area contributed by atoms with E-state index >= 15 is 0 Å². The summed E-state index contributed by atoms with van der Waals surface area (Å²) in [6.07, 6.45) is 26.7. The standard InChI is InChI=1S/2C25H42O4.Ba/c2*1-2-3-4-14-19-24(29-21-22-16-11-10-12-17-22)23(26)18-13-8-6-5-7-9-15-20-25(27)28;/h2*10-12,16-17,23-24,26H,2-9,13-15,18-21H2,1H3,(H,27,28);/q;;+2/p-2. The van der Waals surface area contributed by atoms with Crippen LogP contribution in [0.1, 0.15) is 205 Å². The van der Waals surface area contributed by atoms with Gasteiger partial charge in [0.25, 0.3) is 0 Å². The minimum Gasteiger partial charge on any atom is -0.550 e. The van der Waals surface area contributed by atoms with Crippen molar-refractivity contribution < 1.29 is 39.5 Å². The van der Waals surface area contributed by atoms with E-state index < -0.39 is 24.1 Å². The minimum absolute atomic E-state index is 0. The van der Waals surface area contributed by atoms with Gasteiger partial charge in [0.1, 0.15) is 0 Å². The number of unbranched alkanes of at least 4 members (excludes halogenated alkanes) is 18. The van der Waals surface area contributed by atoms with Crippen molar-refractivity contribution in [2.24, 2.45) is 0 Å². The van der Waals surface area contributed by atoms with Gasteiger partial charge in [0, 0.05) is 11.9 Å². The molecule has 0 aliphatic rings. The van der Waals surface area contributed by atoms with E-state index in [2.05, 4.69) is 38.1 Å². The molecule has 4 unspecified atom stereocenters. The van der Waals surface area contributed by atoms with Gasteiger partial charge < -0.3 is 39.5 Å². The van der Waals surface area contributed by atoms with Crippen LogP contribution >= 0.6 is 0 Å². The van der Waals surface area contributed by atoms with Crippen LogP contribution in [0.2, 0.25) is 0 Å². The SMILES string of the molecule is CCCCCCC(OCc1ccccc1)C(O)CCCCCCCCCC(=O)[O-].CCCCCCC(OCc1ccccc1)C(O)CCCCCCCCCC(=O)[O-].[Ba+2]. The van der Waals surface area contributed by atoms with Gasteiger partial charge in [0.2, 0.25) is 0 Å². The Bertz CT molecular complexity index is 1110. The van der Waals surface area contributed by atoms with Crippen LogP contribution in [0.4, 0.5) is 0 Å². The number of carbonyl (C=O) groups excluding carboxylic acids is 2. The number of hydrogen-bond acceptors (Lipinski definition) is 8. The van der Waals surface area contributed by atoms with Gasteiger partial charge in [-0.3, -0.25) is 0 Å². The number of aliphatic carboxylic acids is 2. The maximum Gasteiger partial charge on any atom is 2.00 e. The molecule has 0 aliphatic heterocycles. The summed E-state index contributed by atoms with van der Waals surface area (Å²) in [5, 5.41) is 42.1. The van der Waals surface area contributed by atoms with Gasteiger partial charge in [0.15, 0.2) is 0 Å². The summed E-state index contributed by atoms with van der Waals surface area (Å²) >= 11 is 0. The fraction of sp³-hybridized carbons (Fsp3) is 0.720. The first-order valence-electron chi connectivity index (χ1n) is 23.3. The molecular formula is C50H82BaO8. The quantitative estimate of drug-likeness (QED) is 0.0501. The predicted molar refractivity (Wildman–Crippen MR) is 238 cm³/mol. The molecule has 0 saturated heterocycles. The van der Waals surface area contributed by atoms with E-state index in [1.165, 1.54) is 38.5 Å². The Morgan fingerprint density at radius 1 is 0.458 bits per heavy atom. The summed E-state index contributed by atoms with van der Waals surface area (Å²) in [4.78, 5) is 20.7. The fourth-order valence-electron chi connectivity index (χ4n) is 7.26. The van der Waals surface area contributed by atoms with Crippen LogP contribution in [0.15, 0.2) is 60.7 Å². The van der Waals surface area contributed by atoms with E-state index in [9.17, 15) is 30.0 Å². The fourth-order valence-corrected chi connectivity index (χ4v) is 7.26. The Morgan fingerprint density at radius 3 is 1.07 bits per heavy atom. The van der Waals surface area contributed by atoms with Gasteiger partial charge in [0.05, 0.1) is 37.6 Å². The molecule has 2 rings (SSSR count). The molecule has 0 saturated carbocycles. The smallest absolute Gasteiger partial charge is 0.550 e. The summed E-state index contributed by atoms with van der Waals surface area (Å²) in [5.74, 6) is -1.89. The van der Waals surface area contributed by atoms with E-state index in [4.69, 9.17) is 9.47 Å². The van der Waals surface area contributed by atoms with Crippen molar-refractivity contribution in [2.45, 2.75) is 231 Å². The number of ether oxygens (including phenoxy) is 2. The third kappa shape index (κ3) is 36.0. The summed E-state index contributed by atoms with van der Waals surface area (Å²) < 4.78 is 12.2. The number of benzene rings is 2. The first-order valence-corrected chi connectivity index (χ1v) is 23.3. The van der Waals surface area contributed by atoms with Crippen molar-refractivity contribution in [2.75, 3.05) is 0 Å². The molecule has 0 spiro atoms. The third-order valence-corrected chi connectivity index (χ3v) is 10.9. The van der Waals surface area contributed by atoms with Gasteiger partial charge >= 0.3 is 48.9 Å². The number of carboxylic acids is 2. The molecule has 0 heterocycles. The number of hydrogen-bond donors (Lipinski definition) is 2. The number of carboxylic acid groups (broad SMARTS) is 2. The molecule has 4 atom stereocenters. The Balaban J connectivity index is 0.00000112. The van der Waals surface area contributed by atoms with Crippen LogP contribution in [0.3, 0.4) is 0 Å². The number of rotatable bonds is 38. The van der Waals surface area contributed by atoms with Crippen molar-refractivity contribution in [3.05, 3.63) is 71.8 Å². The molecule has 0 aromatic heterocycles. The zero-order valence-corrected chi connectivity index (χ0v) is 41.8. The second-order valence-electron chi connectivity index (χ2n) is 16.3. The van der Waals surface area contributed by atoms with Crippen LogP contribution in [0, 0.1) is 0 Å². The average Bonchev–Trinajstić information content (AvgIpc) is 3.22. The maximum absolute atomic E-state index is 10.7. The zero-order chi connectivity index (χ0) is 42.3. The molecule has 59 heavy (non-hydrogen) atoms. The monoisotopic (exact) mass is 949 g/mol. The Labute approximate surface area is 400 Å². The topological polar surface area (TPSA) is 139 Å².